The molecule has 0 radical (unpaired) electrons. The van der Waals surface area contributed by atoms with E-state index in [-0.39, 0.29) is 0 Å². The summed E-state index contributed by atoms with van der Waals surface area (Å²) in [5.74, 6) is 3.59. The van der Waals surface area contributed by atoms with Gasteiger partial charge < -0.3 is 9.80 Å². The molecule has 1 saturated carbocycles. The van der Waals surface area contributed by atoms with Crippen LogP contribution < -0.4 is 4.90 Å². The first-order chi connectivity index (χ1) is 12.2. The quantitative estimate of drug-likeness (QED) is 0.844. The van der Waals surface area contributed by atoms with E-state index in [2.05, 4.69) is 32.8 Å². The second kappa shape index (κ2) is 7.30. The molecule has 3 aliphatic rings. The number of fused-ring (bicyclic) bond motifs is 1. The topological polar surface area (TPSA) is 49.3 Å². The normalized spacial score (nSPS) is 26.9. The number of carbonyl (C=O) groups is 1. The van der Waals surface area contributed by atoms with Gasteiger partial charge in [-0.25, -0.2) is 9.97 Å². The lowest BCUT2D eigenvalue weighted by molar-refractivity contribution is -0.131. The van der Waals surface area contributed by atoms with E-state index < -0.39 is 0 Å². The van der Waals surface area contributed by atoms with E-state index in [1.807, 2.05) is 0 Å². The van der Waals surface area contributed by atoms with Crippen LogP contribution in [-0.2, 0) is 11.2 Å². The molecule has 5 nitrogen and oxygen atoms in total. The highest BCUT2D eigenvalue weighted by Gasteiger charge is 2.38. The monoisotopic (exact) mass is 342 g/mol. The minimum absolute atomic E-state index is 0.406. The van der Waals surface area contributed by atoms with Gasteiger partial charge in [0, 0.05) is 44.4 Å². The second-order valence-corrected chi connectivity index (χ2v) is 8.11. The van der Waals surface area contributed by atoms with Gasteiger partial charge in [-0.1, -0.05) is 13.3 Å². The molecule has 0 spiro atoms. The van der Waals surface area contributed by atoms with Crippen LogP contribution in [0.3, 0.4) is 0 Å². The number of hydrogen-bond acceptors (Lipinski definition) is 4. The maximum Gasteiger partial charge on any atom is 0.222 e. The maximum absolute atomic E-state index is 12.7. The highest BCUT2D eigenvalue weighted by molar-refractivity contribution is 5.76. The van der Waals surface area contributed by atoms with Gasteiger partial charge in [0.25, 0.3) is 0 Å². The molecule has 2 aliphatic heterocycles. The lowest BCUT2D eigenvalue weighted by Gasteiger charge is -2.33. The van der Waals surface area contributed by atoms with Gasteiger partial charge in [0.15, 0.2) is 0 Å². The third-order valence-corrected chi connectivity index (χ3v) is 6.55. The Morgan fingerprint density at radius 1 is 1.12 bits per heavy atom. The predicted molar refractivity (Wildman–Crippen MR) is 98.4 cm³/mol. The molecule has 0 N–H and O–H groups in total. The number of rotatable bonds is 4. The summed E-state index contributed by atoms with van der Waals surface area (Å²) in [4.78, 5) is 25.9. The number of anilines is 1. The average molecular weight is 342 g/mol. The standard InChI is InChI=1S/C20H30N4O/c1-2-18-11-19(22-14-21-18)23-8-6-15(7-9-23)10-20(25)24-12-16-4-3-5-17(16)13-24/h11,14-17H,2-10,12-13H2,1H3. The molecule has 3 fully saturated rings. The Labute approximate surface area is 150 Å². The van der Waals surface area contributed by atoms with Gasteiger partial charge in [0.1, 0.15) is 12.1 Å². The number of amides is 1. The van der Waals surface area contributed by atoms with Crippen LogP contribution in [0.5, 0.6) is 0 Å². The van der Waals surface area contributed by atoms with E-state index in [0.717, 1.165) is 75.2 Å². The molecular formula is C20H30N4O. The zero-order valence-corrected chi connectivity index (χ0v) is 15.4. The number of hydrogen-bond donors (Lipinski definition) is 0. The van der Waals surface area contributed by atoms with E-state index in [4.69, 9.17) is 0 Å². The van der Waals surface area contributed by atoms with Crippen molar-refractivity contribution in [3.63, 3.8) is 0 Å². The SMILES string of the molecule is CCc1cc(N2CCC(CC(=O)N3CC4CCCC4C3)CC2)ncn1. The van der Waals surface area contributed by atoms with Gasteiger partial charge in [-0.15, -0.1) is 0 Å². The second-order valence-electron chi connectivity index (χ2n) is 8.11. The molecule has 2 atom stereocenters. The summed E-state index contributed by atoms with van der Waals surface area (Å²) < 4.78 is 0. The number of aryl methyl sites for hydroxylation is 1. The number of nitrogens with zero attached hydrogens (tertiary/aromatic N) is 4. The van der Waals surface area contributed by atoms with E-state index in [9.17, 15) is 4.79 Å². The van der Waals surface area contributed by atoms with Gasteiger partial charge in [0.2, 0.25) is 5.91 Å². The Morgan fingerprint density at radius 3 is 2.52 bits per heavy atom. The van der Waals surface area contributed by atoms with Crippen LogP contribution in [-0.4, -0.2) is 47.0 Å². The van der Waals surface area contributed by atoms with Crippen LogP contribution in [0.4, 0.5) is 5.82 Å². The fraction of sp³-hybridized carbons (Fsp3) is 0.750. The average Bonchev–Trinajstić information content (AvgIpc) is 3.24. The fourth-order valence-electron chi connectivity index (χ4n) is 4.93. The molecule has 1 amide bonds. The van der Waals surface area contributed by atoms with E-state index >= 15 is 0 Å². The lowest BCUT2D eigenvalue weighted by Crippen LogP contribution is -2.37. The first-order valence-electron chi connectivity index (χ1n) is 10.1. The van der Waals surface area contributed by atoms with Crippen molar-refractivity contribution < 1.29 is 4.79 Å². The Balaban J connectivity index is 1.26. The summed E-state index contributed by atoms with van der Waals surface area (Å²) in [6, 6.07) is 2.11. The molecule has 1 aliphatic carbocycles. The van der Waals surface area contributed by atoms with Crippen molar-refractivity contribution in [2.45, 2.75) is 51.9 Å². The minimum atomic E-state index is 0.406. The fourth-order valence-corrected chi connectivity index (χ4v) is 4.93. The van der Waals surface area contributed by atoms with Crippen molar-refractivity contribution >= 4 is 11.7 Å². The maximum atomic E-state index is 12.7. The zero-order valence-electron chi connectivity index (χ0n) is 15.4. The Kier molecular flexibility index (Phi) is 4.91. The Morgan fingerprint density at radius 2 is 1.84 bits per heavy atom. The largest absolute Gasteiger partial charge is 0.356 e. The molecule has 0 aromatic carbocycles. The van der Waals surface area contributed by atoms with Crippen molar-refractivity contribution in [3.8, 4) is 0 Å². The van der Waals surface area contributed by atoms with Crippen LogP contribution in [0, 0.1) is 17.8 Å². The first-order valence-corrected chi connectivity index (χ1v) is 10.1. The highest BCUT2D eigenvalue weighted by atomic mass is 16.2. The first kappa shape index (κ1) is 16.8. The van der Waals surface area contributed by atoms with E-state index in [0.29, 0.717) is 11.8 Å². The van der Waals surface area contributed by atoms with Gasteiger partial charge in [-0.3, -0.25) is 4.79 Å². The zero-order chi connectivity index (χ0) is 17.2. The van der Waals surface area contributed by atoms with Crippen molar-refractivity contribution in [1.82, 2.24) is 14.9 Å². The molecule has 0 bridgehead atoms. The van der Waals surface area contributed by atoms with Crippen molar-refractivity contribution in [2.24, 2.45) is 17.8 Å². The van der Waals surface area contributed by atoms with Gasteiger partial charge in [0.05, 0.1) is 0 Å². The van der Waals surface area contributed by atoms with Gasteiger partial charge in [-0.05, 0) is 49.9 Å². The smallest absolute Gasteiger partial charge is 0.222 e. The molecule has 1 aromatic rings. The molecular weight excluding hydrogens is 312 g/mol. The summed E-state index contributed by atoms with van der Waals surface area (Å²) in [5.41, 5.74) is 1.10. The van der Waals surface area contributed by atoms with Gasteiger partial charge in [-0.2, -0.15) is 0 Å². The molecule has 2 saturated heterocycles. The number of carbonyl (C=O) groups excluding carboxylic acids is 1. The minimum Gasteiger partial charge on any atom is -0.356 e. The molecule has 1 aromatic heterocycles. The van der Waals surface area contributed by atoms with Crippen LogP contribution in [0.25, 0.3) is 0 Å². The third-order valence-electron chi connectivity index (χ3n) is 6.55. The van der Waals surface area contributed by atoms with Crippen LogP contribution in [0.1, 0.15) is 51.1 Å². The Hall–Kier alpha value is -1.65. The van der Waals surface area contributed by atoms with Gasteiger partial charge >= 0.3 is 0 Å². The number of aromatic nitrogens is 2. The Bertz CT molecular complexity index is 599. The summed E-state index contributed by atoms with van der Waals surface area (Å²) in [5, 5.41) is 0. The highest BCUT2D eigenvalue weighted by Crippen LogP contribution is 2.38. The van der Waals surface area contributed by atoms with Crippen molar-refractivity contribution in [2.75, 3.05) is 31.1 Å². The third kappa shape index (κ3) is 3.65. The molecule has 136 valence electrons. The number of likely N-dealkylation sites (tertiary alicyclic amines) is 1. The lowest BCUT2D eigenvalue weighted by atomic mass is 9.93. The van der Waals surface area contributed by atoms with Crippen LogP contribution in [0.2, 0.25) is 0 Å². The molecule has 3 heterocycles. The summed E-state index contributed by atoms with van der Waals surface area (Å²) in [6.07, 6.45) is 9.61. The molecule has 4 rings (SSSR count). The summed E-state index contributed by atoms with van der Waals surface area (Å²) in [6.45, 7) is 6.19. The van der Waals surface area contributed by atoms with Crippen LogP contribution >= 0.6 is 0 Å². The molecule has 25 heavy (non-hydrogen) atoms. The summed E-state index contributed by atoms with van der Waals surface area (Å²) >= 11 is 0. The molecule has 5 heteroatoms. The summed E-state index contributed by atoms with van der Waals surface area (Å²) in [7, 11) is 0. The van der Waals surface area contributed by atoms with Crippen molar-refractivity contribution in [3.05, 3.63) is 18.1 Å². The number of piperidine rings is 1. The predicted octanol–water partition coefficient (Wildman–Crippen LogP) is 2.90. The van der Waals surface area contributed by atoms with E-state index in [1.54, 1.807) is 6.33 Å². The molecule has 2 unspecified atom stereocenters. The van der Waals surface area contributed by atoms with E-state index in [1.165, 1.54) is 19.3 Å². The van der Waals surface area contributed by atoms with Crippen molar-refractivity contribution in [1.29, 1.82) is 0 Å². The van der Waals surface area contributed by atoms with Crippen LogP contribution in [0.15, 0.2) is 12.4 Å².